The number of hydrogen-bond donors (Lipinski definition) is 2. The molecule has 0 saturated carbocycles. The minimum Gasteiger partial charge on any atom is -0.493 e. The van der Waals surface area contributed by atoms with Gasteiger partial charge in [-0.3, -0.25) is 0 Å². The van der Waals surface area contributed by atoms with Crippen LogP contribution < -0.4 is 15.2 Å². The second kappa shape index (κ2) is 8.10. The Hall–Kier alpha value is -4.05. The van der Waals surface area contributed by atoms with Gasteiger partial charge in [0.05, 0.1) is 7.11 Å². The quantitative estimate of drug-likeness (QED) is 0.678. The summed E-state index contributed by atoms with van der Waals surface area (Å²) in [5.74, 6) is -0.332. The zero-order valence-electron chi connectivity index (χ0n) is 15.0. The zero-order valence-corrected chi connectivity index (χ0v) is 15.0. The summed E-state index contributed by atoms with van der Waals surface area (Å²) in [6, 6.07) is 16.7. The van der Waals surface area contributed by atoms with Gasteiger partial charge in [0.1, 0.15) is 17.5 Å². The summed E-state index contributed by atoms with van der Waals surface area (Å²) < 4.78 is 10.6. The number of nitrogens with two attached hydrogens (primary N) is 1. The Morgan fingerprint density at radius 3 is 2.57 bits per heavy atom. The van der Waals surface area contributed by atoms with Crippen molar-refractivity contribution in [3.05, 3.63) is 60.3 Å². The predicted molar refractivity (Wildman–Crippen MR) is 104 cm³/mol. The number of aliphatic carboxylic acids is 1. The van der Waals surface area contributed by atoms with Gasteiger partial charge in [-0.1, -0.05) is 36.4 Å². The Labute approximate surface area is 161 Å². The molecule has 1 aromatic heterocycles. The lowest BCUT2D eigenvalue weighted by Crippen LogP contribution is -2.10. The van der Waals surface area contributed by atoms with Crippen LogP contribution in [0.3, 0.4) is 0 Å². The Morgan fingerprint density at radius 1 is 1.18 bits per heavy atom. The van der Waals surface area contributed by atoms with Crippen LogP contribution in [0.2, 0.25) is 0 Å². The number of aromatic nitrogens is 1. The van der Waals surface area contributed by atoms with Crippen molar-refractivity contribution in [3.63, 3.8) is 0 Å². The number of nitriles is 1. The minimum absolute atomic E-state index is 0.127. The van der Waals surface area contributed by atoms with E-state index in [0.29, 0.717) is 16.9 Å². The first-order chi connectivity index (χ1) is 13.5. The number of carbonyl (C=O) groups is 1. The van der Waals surface area contributed by atoms with E-state index in [9.17, 15) is 10.1 Å². The molecule has 7 nitrogen and oxygen atoms in total. The first-order valence-electron chi connectivity index (χ1n) is 8.32. The van der Waals surface area contributed by atoms with Crippen molar-refractivity contribution in [3.8, 4) is 39.8 Å². The lowest BCUT2D eigenvalue weighted by atomic mass is 9.92. The van der Waals surface area contributed by atoms with Crippen molar-refractivity contribution >= 4 is 11.8 Å². The van der Waals surface area contributed by atoms with Crippen LogP contribution in [0.5, 0.6) is 11.5 Å². The van der Waals surface area contributed by atoms with Crippen molar-refractivity contribution in [2.75, 3.05) is 19.5 Å². The molecule has 0 aliphatic carbocycles. The van der Waals surface area contributed by atoms with Gasteiger partial charge < -0.3 is 20.3 Å². The van der Waals surface area contributed by atoms with Gasteiger partial charge in [0.25, 0.3) is 0 Å². The number of pyridine rings is 1. The fourth-order valence-electron chi connectivity index (χ4n) is 2.86. The van der Waals surface area contributed by atoms with Gasteiger partial charge in [-0.25, -0.2) is 9.78 Å². The van der Waals surface area contributed by atoms with Crippen LogP contribution in [0, 0.1) is 11.3 Å². The maximum absolute atomic E-state index is 10.8. The lowest BCUT2D eigenvalue weighted by molar-refractivity contribution is -0.139. The molecule has 0 unspecified atom stereocenters. The van der Waals surface area contributed by atoms with Gasteiger partial charge in [-0.05, 0) is 23.3 Å². The molecule has 3 N–H and O–H groups in total. The van der Waals surface area contributed by atoms with E-state index < -0.39 is 12.6 Å². The molecule has 1 heterocycles. The van der Waals surface area contributed by atoms with Gasteiger partial charge in [0.15, 0.2) is 18.1 Å². The Morgan fingerprint density at radius 2 is 1.93 bits per heavy atom. The minimum atomic E-state index is -1.09. The third-order valence-electron chi connectivity index (χ3n) is 4.11. The van der Waals surface area contributed by atoms with Gasteiger partial charge in [-0.2, -0.15) is 5.26 Å². The summed E-state index contributed by atoms with van der Waals surface area (Å²) in [6.45, 7) is -0.489. The van der Waals surface area contributed by atoms with Crippen molar-refractivity contribution in [2.24, 2.45) is 0 Å². The fraction of sp³-hybridized carbons (Fsp3) is 0.0952. The predicted octanol–water partition coefficient (Wildman–Crippen LogP) is 3.34. The van der Waals surface area contributed by atoms with Crippen molar-refractivity contribution < 1.29 is 19.4 Å². The molecule has 0 spiro atoms. The number of rotatable bonds is 6. The summed E-state index contributed by atoms with van der Waals surface area (Å²) >= 11 is 0. The van der Waals surface area contributed by atoms with E-state index in [2.05, 4.69) is 11.1 Å². The normalized spacial score (nSPS) is 10.1. The van der Waals surface area contributed by atoms with Crippen molar-refractivity contribution in [2.45, 2.75) is 0 Å². The smallest absolute Gasteiger partial charge is 0.341 e. The summed E-state index contributed by atoms with van der Waals surface area (Å²) in [5, 5.41) is 18.5. The summed E-state index contributed by atoms with van der Waals surface area (Å²) in [5.41, 5.74) is 9.11. The van der Waals surface area contributed by atoms with Crippen LogP contribution in [0.25, 0.3) is 22.3 Å². The molecule has 0 amide bonds. The van der Waals surface area contributed by atoms with Crippen LogP contribution >= 0.6 is 0 Å². The molecule has 7 heteroatoms. The molecular formula is C21H17N3O4. The molecule has 0 fully saturated rings. The Balaban J connectivity index is 2.19. The molecular weight excluding hydrogens is 358 g/mol. The second-order valence-corrected chi connectivity index (χ2v) is 5.83. The molecule has 140 valence electrons. The molecule has 0 aliphatic heterocycles. The number of carboxylic acids is 1. The monoisotopic (exact) mass is 375 g/mol. The molecule has 2 aromatic carbocycles. The lowest BCUT2D eigenvalue weighted by Gasteiger charge is -2.15. The molecule has 3 rings (SSSR count). The molecule has 0 radical (unpaired) electrons. The highest BCUT2D eigenvalue weighted by Crippen LogP contribution is 2.39. The largest absolute Gasteiger partial charge is 0.493 e. The maximum Gasteiger partial charge on any atom is 0.341 e. The molecule has 0 bridgehead atoms. The van der Waals surface area contributed by atoms with Crippen LogP contribution in [0.4, 0.5) is 5.82 Å². The molecule has 0 saturated heterocycles. The SMILES string of the molecule is COc1cc(-c2c(-c3ccccc3)cnc(N)c2C#N)ccc1OCC(=O)O. The van der Waals surface area contributed by atoms with E-state index in [1.807, 2.05) is 30.3 Å². The van der Waals surface area contributed by atoms with Gasteiger partial charge >= 0.3 is 5.97 Å². The Kier molecular flexibility index (Phi) is 5.42. The van der Waals surface area contributed by atoms with E-state index in [-0.39, 0.29) is 17.1 Å². The highest BCUT2D eigenvalue weighted by Gasteiger charge is 2.18. The number of nitrogens with zero attached hydrogens (tertiary/aromatic N) is 2. The van der Waals surface area contributed by atoms with Crippen LogP contribution in [-0.2, 0) is 4.79 Å². The first-order valence-corrected chi connectivity index (χ1v) is 8.32. The summed E-state index contributed by atoms with van der Waals surface area (Å²) in [4.78, 5) is 14.9. The molecule has 28 heavy (non-hydrogen) atoms. The second-order valence-electron chi connectivity index (χ2n) is 5.83. The van der Waals surface area contributed by atoms with E-state index >= 15 is 0 Å². The average Bonchev–Trinajstić information content (AvgIpc) is 2.72. The Bertz CT molecular complexity index is 1060. The number of ether oxygens (including phenoxy) is 2. The van der Waals surface area contributed by atoms with E-state index in [1.165, 1.54) is 7.11 Å². The summed E-state index contributed by atoms with van der Waals surface area (Å²) in [7, 11) is 1.46. The van der Waals surface area contributed by atoms with Gasteiger partial charge in [0.2, 0.25) is 0 Å². The zero-order chi connectivity index (χ0) is 20.1. The number of anilines is 1. The topological polar surface area (TPSA) is 118 Å². The maximum atomic E-state index is 10.8. The van der Waals surface area contributed by atoms with Crippen LogP contribution in [-0.4, -0.2) is 29.8 Å². The van der Waals surface area contributed by atoms with E-state index in [1.54, 1.807) is 24.4 Å². The van der Waals surface area contributed by atoms with E-state index in [0.717, 1.165) is 11.1 Å². The highest BCUT2D eigenvalue weighted by atomic mass is 16.5. The van der Waals surface area contributed by atoms with Crippen molar-refractivity contribution in [1.29, 1.82) is 5.26 Å². The van der Waals surface area contributed by atoms with Crippen molar-refractivity contribution in [1.82, 2.24) is 4.98 Å². The average molecular weight is 375 g/mol. The van der Waals surface area contributed by atoms with E-state index in [4.69, 9.17) is 20.3 Å². The van der Waals surface area contributed by atoms with Gasteiger partial charge in [0, 0.05) is 17.3 Å². The van der Waals surface area contributed by atoms with Gasteiger partial charge in [-0.15, -0.1) is 0 Å². The third kappa shape index (κ3) is 3.71. The number of nitrogen functional groups attached to an aromatic ring is 1. The summed E-state index contributed by atoms with van der Waals surface area (Å²) in [6.07, 6.45) is 1.63. The molecule has 3 aromatic rings. The fourth-order valence-corrected chi connectivity index (χ4v) is 2.86. The number of hydrogen-bond acceptors (Lipinski definition) is 6. The number of methoxy groups -OCH3 is 1. The third-order valence-corrected chi connectivity index (χ3v) is 4.11. The van der Waals surface area contributed by atoms with Crippen LogP contribution in [0.1, 0.15) is 5.56 Å². The standard InChI is InChI=1S/C21H17N3O4/c1-27-18-9-14(7-8-17(18)28-12-19(25)26)20-15(10-22)21(23)24-11-16(20)13-5-3-2-4-6-13/h2-9,11H,12H2,1H3,(H2,23,24)(H,25,26). The molecule has 0 atom stereocenters. The number of carboxylic acid groups (broad SMARTS) is 1. The van der Waals surface area contributed by atoms with Crippen LogP contribution in [0.15, 0.2) is 54.7 Å². The first kappa shape index (κ1) is 18.7. The number of benzene rings is 2. The molecule has 0 aliphatic rings. The highest BCUT2D eigenvalue weighted by molar-refractivity contribution is 5.90.